The Morgan fingerprint density at radius 3 is 2.62 bits per heavy atom. The Morgan fingerprint density at radius 2 is 1.90 bits per heavy atom. The van der Waals surface area contributed by atoms with Gasteiger partial charge in [-0.05, 0) is 75.1 Å². The SMILES string of the molecule is CCN(C(=O)Nc1ccc(F)c(F)c1)[C@@H]1CCCc2[nH]c(=O)c3c(c21)CCCC3. The molecule has 1 aromatic carbocycles. The smallest absolute Gasteiger partial charge is 0.322 e. The molecule has 0 saturated heterocycles. The maximum Gasteiger partial charge on any atom is 0.322 e. The molecule has 154 valence electrons. The van der Waals surface area contributed by atoms with E-state index in [9.17, 15) is 18.4 Å². The zero-order valence-electron chi connectivity index (χ0n) is 16.5. The monoisotopic (exact) mass is 401 g/mol. The molecule has 0 radical (unpaired) electrons. The van der Waals surface area contributed by atoms with Gasteiger partial charge in [0.15, 0.2) is 11.6 Å². The first-order valence-corrected chi connectivity index (χ1v) is 10.3. The van der Waals surface area contributed by atoms with E-state index in [-0.39, 0.29) is 23.3 Å². The predicted molar refractivity (Wildman–Crippen MR) is 107 cm³/mol. The molecule has 0 spiro atoms. The minimum absolute atomic E-state index is 0.00777. The lowest BCUT2D eigenvalue weighted by Crippen LogP contribution is -2.41. The number of hydrogen-bond acceptors (Lipinski definition) is 2. The van der Waals surface area contributed by atoms with Gasteiger partial charge >= 0.3 is 6.03 Å². The largest absolute Gasteiger partial charge is 0.326 e. The van der Waals surface area contributed by atoms with Crippen LogP contribution in [0.15, 0.2) is 23.0 Å². The summed E-state index contributed by atoms with van der Waals surface area (Å²) in [5.41, 5.74) is 4.22. The molecule has 7 heteroatoms. The van der Waals surface area contributed by atoms with Crippen LogP contribution in [0.1, 0.15) is 61.0 Å². The average Bonchev–Trinajstić information content (AvgIpc) is 2.71. The predicted octanol–water partition coefficient (Wildman–Crippen LogP) is 4.46. The third-order valence-electron chi connectivity index (χ3n) is 6.04. The summed E-state index contributed by atoms with van der Waals surface area (Å²) in [5.74, 6) is -1.95. The van der Waals surface area contributed by atoms with E-state index in [2.05, 4.69) is 10.3 Å². The Kier molecular flexibility index (Phi) is 5.39. The lowest BCUT2D eigenvalue weighted by Gasteiger charge is -2.37. The fourth-order valence-corrected chi connectivity index (χ4v) is 4.72. The molecular formula is C22H25F2N3O2. The van der Waals surface area contributed by atoms with Crippen molar-refractivity contribution in [2.75, 3.05) is 11.9 Å². The number of urea groups is 1. The Morgan fingerprint density at radius 1 is 1.14 bits per heavy atom. The minimum Gasteiger partial charge on any atom is -0.326 e. The molecular weight excluding hydrogens is 376 g/mol. The summed E-state index contributed by atoms with van der Waals surface area (Å²) in [6, 6.07) is 2.83. The third kappa shape index (κ3) is 3.66. The van der Waals surface area contributed by atoms with E-state index < -0.39 is 11.6 Å². The van der Waals surface area contributed by atoms with Crippen molar-refractivity contribution in [2.24, 2.45) is 0 Å². The number of anilines is 1. The van der Waals surface area contributed by atoms with E-state index in [4.69, 9.17) is 0 Å². The zero-order valence-corrected chi connectivity index (χ0v) is 16.5. The number of carbonyl (C=O) groups is 1. The first-order chi connectivity index (χ1) is 14.0. The van der Waals surface area contributed by atoms with Crippen LogP contribution < -0.4 is 10.9 Å². The van der Waals surface area contributed by atoms with Crippen LogP contribution in [-0.2, 0) is 19.3 Å². The number of hydrogen-bond donors (Lipinski definition) is 2. The highest BCUT2D eigenvalue weighted by atomic mass is 19.2. The molecule has 0 unspecified atom stereocenters. The molecule has 29 heavy (non-hydrogen) atoms. The van der Waals surface area contributed by atoms with Crippen molar-refractivity contribution in [1.82, 2.24) is 9.88 Å². The van der Waals surface area contributed by atoms with Gasteiger partial charge in [-0.1, -0.05) is 0 Å². The van der Waals surface area contributed by atoms with Crippen molar-refractivity contribution >= 4 is 11.7 Å². The molecule has 2 aliphatic rings. The van der Waals surface area contributed by atoms with Crippen molar-refractivity contribution in [3.8, 4) is 0 Å². The number of fused-ring (bicyclic) bond motifs is 3. The molecule has 2 amide bonds. The molecule has 2 N–H and O–H groups in total. The Balaban J connectivity index is 1.68. The van der Waals surface area contributed by atoms with Gasteiger partial charge < -0.3 is 15.2 Å². The van der Waals surface area contributed by atoms with E-state index in [1.807, 2.05) is 6.92 Å². The molecule has 4 rings (SSSR count). The Labute approximate surface area is 168 Å². The second kappa shape index (κ2) is 7.97. The van der Waals surface area contributed by atoms with E-state index in [0.29, 0.717) is 6.54 Å². The summed E-state index contributed by atoms with van der Waals surface area (Å²) in [6.07, 6.45) is 6.18. The van der Waals surface area contributed by atoms with Crippen LogP contribution in [0.2, 0.25) is 0 Å². The number of rotatable bonds is 3. The summed E-state index contributed by atoms with van der Waals surface area (Å²) >= 11 is 0. The van der Waals surface area contributed by atoms with Crippen molar-refractivity contribution in [2.45, 2.75) is 57.9 Å². The number of nitrogens with one attached hydrogen (secondary N) is 2. The molecule has 2 aromatic rings. The lowest BCUT2D eigenvalue weighted by molar-refractivity contribution is 0.183. The van der Waals surface area contributed by atoms with E-state index in [0.717, 1.165) is 79.5 Å². The van der Waals surface area contributed by atoms with Gasteiger partial charge in [-0.15, -0.1) is 0 Å². The number of nitrogens with zero attached hydrogens (tertiary/aromatic N) is 1. The number of amides is 2. The minimum atomic E-state index is -1.000. The van der Waals surface area contributed by atoms with Gasteiger partial charge in [-0.3, -0.25) is 4.79 Å². The van der Waals surface area contributed by atoms with Gasteiger partial charge in [0.05, 0.1) is 6.04 Å². The summed E-state index contributed by atoms with van der Waals surface area (Å²) in [6.45, 7) is 2.37. The van der Waals surface area contributed by atoms with Crippen LogP contribution in [0.25, 0.3) is 0 Å². The van der Waals surface area contributed by atoms with Crippen molar-refractivity contribution in [3.63, 3.8) is 0 Å². The summed E-state index contributed by atoms with van der Waals surface area (Å²) in [5, 5.41) is 2.69. The number of carbonyl (C=O) groups excluding carboxylic acids is 1. The molecule has 0 saturated carbocycles. The quantitative estimate of drug-likeness (QED) is 0.797. The van der Waals surface area contributed by atoms with Gasteiger partial charge in [0.1, 0.15) is 0 Å². The van der Waals surface area contributed by atoms with Crippen molar-refractivity contribution < 1.29 is 13.6 Å². The molecule has 1 heterocycles. The van der Waals surface area contributed by atoms with Gasteiger partial charge in [0.25, 0.3) is 5.56 Å². The fourth-order valence-electron chi connectivity index (χ4n) is 4.72. The third-order valence-corrected chi connectivity index (χ3v) is 6.04. The molecule has 0 fully saturated rings. The van der Waals surface area contributed by atoms with Gasteiger partial charge in [0, 0.05) is 29.6 Å². The lowest BCUT2D eigenvalue weighted by atomic mass is 9.80. The average molecular weight is 401 g/mol. The fraction of sp³-hybridized carbons (Fsp3) is 0.455. The maximum atomic E-state index is 13.5. The summed E-state index contributed by atoms with van der Waals surface area (Å²) in [4.78, 5) is 30.3. The number of aromatic nitrogens is 1. The number of aryl methyl sites for hydroxylation is 1. The number of aromatic amines is 1. The van der Waals surface area contributed by atoms with Gasteiger partial charge in [0.2, 0.25) is 0 Å². The highest BCUT2D eigenvalue weighted by Crippen LogP contribution is 2.38. The van der Waals surface area contributed by atoms with Gasteiger partial charge in [-0.2, -0.15) is 0 Å². The standard InChI is InChI=1S/C22H25F2N3O2/c1-2-27(22(29)25-13-10-11-16(23)17(24)12-13)19-9-5-8-18-20(19)14-6-3-4-7-15(14)21(28)26-18/h10-12,19H,2-9H2,1H3,(H,25,29)(H,26,28)/t19-/m1/s1. The first kappa shape index (κ1) is 19.6. The second-order valence-electron chi connectivity index (χ2n) is 7.76. The number of halogens is 2. The van der Waals surface area contributed by atoms with Crippen LogP contribution in [-0.4, -0.2) is 22.5 Å². The van der Waals surface area contributed by atoms with Crippen molar-refractivity contribution in [1.29, 1.82) is 0 Å². The normalized spacial score (nSPS) is 18.0. The maximum absolute atomic E-state index is 13.5. The van der Waals surface area contributed by atoms with Crippen LogP contribution in [0.3, 0.4) is 0 Å². The molecule has 1 aromatic heterocycles. The molecule has 2 aliphatic carbocycles. The van der Waals surface area contributed by atoms with Crippen LogP contribution in [0.5, 0.6) is 0 Å². The van der Waals surface area contributed by atoms with Crippen molar-refractivity contribution in [3.05, 3.63) is 62.6 Å². The molecule has 0 aliphatic heterocycles. The van der Waals surface area contributed by atoms with Crippen LogP contribution in [0, 0.1) is 11.6 Å². The summed E-state index contributed by atoms with van der Waals surface area (Å²) < 4.78 is 26.7. The summed E-state index contributed by atoms with van der Waals surface area (Å²) in [7, 11) is 0. The van der Waals surface area contributed by atoms with Crippen LogP contribution >= 0.6 is 0 Å². The highest BCUT2D eigenvalue weighted by Gasteiger charge is 2.33. The Hall–Kier alpha value is -2.70. The highest BCUT2D eigenvalue weighted by molar-refractivity contribution is 5.89. The van der Waals surface area contributed by atoms with E-state index >= 15 is 0 Å². The van der Waals surface area contributed by atoms with E-state index in [1.165, 1.54) is 6.07 Å². The first-order valence-electron chi connectivity index (χ1n) is 10.3. The topological polar surface area (TPSA) is 65.2 Å². The molecule has 1 atom stereocenters. The molecule has 5 nitrogen and oxygen atoms in total. The van der Waals surface area contributed by atoms with Crippen LogP contribution in [0.4, 0.5) is 19.3 Å². The van der Waals surface area contributed by atoms with Gasteiger partial charge in [-0.25, -0.2) is 13.6 Å². The van der Waals surface area contributed by atoms with E-state index in [1.54, 1.807) is 4.90 Å². The number of H-pyrrole nitrogens is 1. The number of pyridine rings is 1. The zero-order chi connectivity index (χ0) is 20.5. The molecule has 0 bridgehead atoms. The Bertz CT molecular complexity index is 1000. The number of benzene rings is 1. The second-order valence-corrected chi connectivity index (χ2v) is 7.76.